The van der Waals surface area contributed by atoms with Gasteiger partial charge in [0.2, 0.25) is 5.91 Å². The number of carbonyl (C=O) groups is 4. The molecule has 0 saturated carbocycles. The molecule has 236 valence electrons. The summed E-state index contributed by atoms with van der Waals surface area (Å²) in [6.45, 7) is 4.59. The fourth-order valence-electron chi connectivity index (χ4n) is 5.77. The third-order valence-corrected chi connectivity index (χ3v) is 8.47. The number of benzene rings is 3. The molecule has 0 aliphatic carbocycles. The van der Waals surface area contributed by atoms with Crippen LogP contribution in [0.15, 0.2) is 48.5 Å². The van der Waals surface area contributed by atoms with Crippen LogP contribution in [0.4, 0.5) is 14.9 Å². The highest BCUT2D eigenvalue weighted by Gasteiger charge is 2.39. The van der Waals surface area contributed by atoms with Gasteiger partial charge in [-0.3, -0.25) is 24.3 Å². The minimum absolute atomic E-state index is 0.0264. The molecule has 2 atom stereocenters. The number of hydrogen-bond donors (Lipinski definition) is 4. The lowest BCUT2D eigenvalue weighted by Crippen LogP contribution is -2.66. The molecule has 5 amide bonds. The number of urea groups is 1. The summed E-state index contributed by atoms with van der Waals surface area (Å²) in [4.78, 5) is 50.2. The molecule has 0 bridgehead atoms. The van der Waals surface area contributed by atoms with E-state index in [1.165, 1.54) is 27.3 Å². The van der Waals surface area contributed by atoms with Crippen molar-refractivity contribution in [2.45, 2.75) is 45.3 Å². The number of hydrazine groups is 1. The van der Waals surface area contributed by atoms with Gasteiger partial charge in [-0.05, 0) is 71.8 Å². The van der Waals surface area contributed by atoms with E-state index < -0.39 is 29.7 Å². The van der Waals surface area contributed by atoms with Crippen LogP contribution in [0.2, 0.25) is 0 Å². The summed E-state index contributed by atoms with van der Waals surface area (Å²) in [7, 11) is 4.28. The van der Waals surface area contributed by atoms with Crippen molar-refractivity contribution in [2.24, 2.45) is 0 Å². The molecule has 2 heterocycles. The predicted octanol–water partition coefficient (Wildman–Crippen LogP) is 3.49. The van der Waals surface area contributed by atoms with E-state index in [9.17, 15) is 19.2 Å². The number of halogens is 1. The van der Waals surface area contributed by atoms with Crippen molar-refractivity contribution in [3.63, 3.8) is 0 Å². The second kappa shape index (κ2) is 13.0. The van der Waals surface area contributed by atoms with Crippen molar-refractivity contribution < 1.29 is 28.3 Å². The van der Waals surface area contributed by atoms with E-state index in [0.29, 0.717) is 42.0 Å². The first-order valence-electron chi connectivity index (χ1n) is 14.7. The van der Waals surface area contributed by atoms with Crippen LogP contribution < -0.4 is 26.1 Å². The largest absolute Gasteiger partial charge is 0.496 e. The first kappa shape index (κ1) is 31.6. The zero-order valence-corrected chi connectivity index (χ0v) is 25.9. The third-order valence-electron chi connectivity index (χ3n) is 8.47. The fourth-order valence-corrected chi connectivity index (χ4v) is 5.77. The zero-order valence-electron chi connectivity index (χ0n) is 25.9. The van der Waals surface area contributed by atoms with Crippen molar-refractivity contribution in [3.8, 4) is 28.0 Å². The third kappa shape index (κ3) is 6.38. The molecule has 0 spiro atoms. The van der Waals surface area contributed by atoms with Gasteiger partial charge in [0.05, 0.1) is 7.11 Å². The maximum Gasteiger partial charge on any atom is 0.340 e. The Bertz CT molecular complexity index is 1670. The number of anilines is 1. The fraction of sp³-hybridized carbons (Fsp3) is 0.333. The average Bonchev–Trinajstić information content (AvgIpc) is 3.03. The Balaban J connectivity index is 1.40. The topological polar surface area (TPSA) is 132 Å². The van der Waals surface area contributed by atoms with E-state index in [4.69, 9.17) is 4.74 Å². The first-order chi connectivity index (χ1) is 21.5. The minimum atomic E-state index is -1.27. The minimum Gasteiger partial charge on any atom is -0.496 e. The number of methoxy groups -OCH3 is 1. The van der Waals surface area contributed by atoms with Crippen molar-refractivity contribution in [2.75, 3.05) is 33.1 Å². The van der Waals surface area contributed by atoms with Crippen molar-refractivity contribution in [1.82, 2.24) is 26.0 Å². The molecule has 2 aliphatic heterocycles. The Hall–Kier alpha value is -4.81. The maximum atomic E-state index is 15.6. The number of nitrogens with one attached hydrogen (secondary N) is 4. The molecule has 0 radical (unpaired) electrons. The van der Waals surface area contributed by atoms with Crippen LogP contribution in [-0.2, 0) is 20.9 Å². The molecule has 11 nitrogen and oxygen atoms in total. The molecule has 3 aromatic carbocycles. The molecular formula is C33H37FN6O5. The summed E-state index contributed by atoms with van der Waals surface area (Å²) < 4.78 is 21.2. The van der Waals surface area contributed by atoms with E-state index in [0.717, 1.165) is 37.7 Å². The van der Waals surface area contributed by atoms with Gasteiger partial charge in [0, 0.05) is 50.9 Å². The number of amides is 5. The van der Waals surface area contributed by atoms with Gasteiger partial charge in [0.1, 0.15) is 11.6 Å². The van der Waals surface area contributed by atoms with Crippen molar-refractivity contribution >= 4 is 29.4 Å². The molecule has 1 unspecified atom stereocenters. The van der Waals surface area contributed by atoms with Gasteiger partial charge in [-0.15, -0.1) is 0 Å². The van der Waals surface area contributed by atoms with Crippen LogP contribution in [0.5, 0.6) is 5.75 Å². The Morgan fingerprint density at radius 3 is 2.40 bits per heavy atom. The summed E-state index contributed by atoms with van der Waals surface area (Å²) in [5.74, 6) is -1.20. The van der Waals surface area contributed by atoms with Crippen LogP contribution in [-0.4, -0.2) is 73.5 Å². The second-order valence-electron chi connectivity index (χ2n) is 11.3. The zero-order chi connectivity index (χ0) is 32.4. The molecule has 12 heteroatoms. The summed E-state index contributed by atoms with van der Waals surface area (Å²) >= 11 is 0. The van der Waals surface area contributed by atoms with Crippen LogP contribution in [0.1, 0.15) is 29.5 Å². The molecule has 4 N–H and O–H groups in total. The number of ether oxygens (including phenoxy) is 1. The molecular weight excluding hydrogens is 579 g/mol. The standard InChI is InChI=1S/C33H37FN6O5/c1-18-22(20-14-26(34)25(28(15-20)45-5)17-35-21-12-13-29(41)36-16-21)8-6-9-23(18)24-10-7-11-27(19(24)2)37-31(42)30-32(43)39(3)33(44)40(4)38-30/h6-11,14-15,21,30,35,38H,12-13,16-17H2,1-5H3,(H,36,41)(H,37,42)/t21-,30?/m0/s1. The van der Waals surface area contributed by atoms with E-state index in [-0.39, 0.29) is 18.5 Å². The number of piperidine rings is 1. The van der Waals surface area contributed by atoms with Crippen molar-refractivity contribution in [3.05, 3.63) is 71.0 Å². The van der Waals surface area contributed by atoms with Gasteiger partial charge in [0.15, 0.2) is 6.04 Å². The van der Waals surface area contributed by atoms with Crippen LogP contribution >= 0.6 is 0 Å². The number of imide groups is 1. The van der Waals surface area contributed by atoms with Gasteiger partial charge < -0.3 is 20.7 Å². The summed E-state index contributed by atoms with van der Waals surface area (Å²) in [5, 5.41) is 10.1. The highest BCUT2D eigenvalue weighted by Crippen LogP contribution is 2.37. The quantitative estimate of drug-likeness (QED) is 0.285. The number of nitrogens with zero attached hydrogens (tertiary/aromatic N) is 2. The molecule has 3 aromatic rings. The van der Waals surface area contributed by atoms with Gasteiger partial charge in [-0.25, -0.2) is 14.6 Å². The molecule has 45 heavy (non-hydrogen) atoms. The number of rotatable bonds is 8. The van der Waals surface area contributed by atoms with Gasteiger partial charge in [0.25, 0.3) is 11.8 Å². The maximum absolute atomic E-state index is 15.6. The monoisotopic (exact) mass is 616 g/mol. The molecule has 2 aliphatic rings. The van der Waals surface area contributed by atoms with Gasteiger partial charge in [-0.2, -0.15) is 0 Å². The normalized spacial score (nSPS) is 18.6. The Kier molecular flexibility index (Phi) is 9.16. The summed E-state index contributed by atoms with van der Waals surface area (Å²) in [6.07, 6.45) is 1.13. The molecule has 0 aromatic heterocycles. The van der Waals surface area contributed by atoms with Gasteiger partial charge in [-0.1, -0.05) is 30.3 Å². The van der Waals surface area contributed by atoms with Crippen LogP contribution in [0.25, 0.3) is 22.3 Å². The Morgan fingerprint density at radius 2 is 1.71 bits per heavy atom. The lowest BCUT2D eigenvalue weighted by atomic mass is 9.90. The highest BCUT2D eigenvalue weighted by molar-refractivity contribution is 6.15. The Morgan fingerprint density at radius 1 is 1.02 bits per heavy atom. The lowest BCUT2D eigenvalue weighted by molar-refractivity contribution is -0.139. The molecule has 2 saturated heterocycles. The smallest absolute Gasteiger partial charge is 0.340 e. The van der Waals surface area contributed by atoms with Crippen molar-refractivity contribution in [1.29, 1.82) is 0 Å². The summed E-state index contributed by atoms with van der Waals surface area (Å²) in [5.41, 5.74) is 8.46. The number of carbonyl (C=O) groups excluding carboxylic acids is 4. The van der Waals surface area contributed by atoms with E-state index in [2.05, 4.69) is 21.4 Å². The second-order valence-corrected chi connectivity index (χ2v) is 11.3. The predicted molar refractivity (Wildman–Crippen MR) is 168 cm³/mol. The van der Waals surface area contributed by atoms with Gasteiger partial charge >= 0.3 is 6.03 Å². The average molecular weight is 617 g/mol. The lowest BCUT2D eigenvalue weighted by Gasteiger charge is -2.34. The first-order valence-corrected chi connectivity index (χ1v) is 14.7. The SMILES string of the molecule is COc1cc(-c2cccc(-c3cccc(NC(=O)C4NN(C)C(=O)N(C)C4=O)c3C)c2C)cc(F)c1CN[C@H]1CCC(=O)NC1. The molecule has 2 fully saturated rings. The number of likely N-dealkylation sites (N-methyl/N-ethyl adjacent to an activating group) is 1. The number of hydrogen-bond acceptors (Lipinski definition) is 7. The van der Waals surface area contributed by atoms with E-state index in [1.54, 1.807) is 6.07 Å². The van der Waals surface area contributed by atoms with E-state index in [1.807, 2.05) is 50.2 Å². The van der Waals surface area contributed by atoms with Crippen LogP contribution in [0.3, 0.4) is 0 Å². The Labute approximate surface area is 261 Å². The van der Waals surface area contributed by atoms with Crippen LogP contribution in [0, 0.1) is 19.7 Å². The highest BCUT2D eigenvalue weighted by atomic mass is 19.1. The summed E-state index contributed by atoms with van der Waals surface area (Å²) in [6, 6.07) is 12.8. The molecule has 5 rings (SSSR count). The van der Waals surface area contributed by atoms with E-state index >= 15 is 4.39 Å².